The monoisotopic (exact) mass is 1780 g/mol. The third-order valence-corrected chi connectivity index (χ3v) is 21.1. The molecule has 0 aromatic heterocycles. The van der Waals surface area contributed by atoms with Gasteiger partial charge in [-0.15, -0.1) is 0 Å². The van der Waals surface area contributed by atoms with Gasteiger partial charge in [0.1, 0.15) is 65.0 Å². The summed E-state index contributed by atoms with van der Waals surface area (Å²) in [6.07, 6.45) is 5.39. The van der Waals surface area contributed by atoms with Gasteiger partial charge in [-0.2, -0.15) is 8.42 Å². The molecule has 8 aromatic rings. The van der Waals surface area contributed by atoms with Gasteiger partial charge >= 0.3 is 16.1 Å². The fourth-order valence-corrected chi connectivity index (χ4v) is 12.7. The Morgan fingerprint density at radius 2 is 0.794 bits per heavy atom. The van der Waals surface area contributed by atoms with E-state index in [0.29, 0.717) is 93.2 Å². The van der Waals surface area contributed by atoms with E-state index in [9.17, 15) is 33.6 Å². The number of hydrogen-bond acceptors (Lipinski definition) is 19. The third-order valence-electron chi connectivity index (χ3n) is 20.0. The van der Waals surface area contributed by atoms with E-state index in [-0.39, 0.29) is 150 Å². The molecule has 0 saturated carbocycles. The van der Waals surface area contributed by atoms with Crippen LogP contribution in [0.25, 0.3) is 0 Å². The van der Waals surface area contributed by atoms with Crippen LogP contribution in [0.4, 0.5) is 0 Å². The Morgan fingerprint density at radius 3 is 1.18 bits per heavy atom. The molecule has 126 heavy (non-hydrogen) atoms. The molecule has 0 spiro atoms. The lowest BCUT2D eigenvalue weighted by Gasteiger charge is -2.23. The zero-order chi connectivity index (χ0) is 87.3. The van der Waals surface area contributed by atoms with Gasteiger partial charge in [-0.1, -0.05) is 206 Å². The Labute approximate surface area is 765 Å². The zero-order valence-electron chi connectivity index (χ0n) is 74.6. The summed E-state index contributed by atoms with van der Waals surface area (Å²) >= 11 is 0. The summed E-state index contributed by atoms with van der Waals surface area (Å²) < 4.78 is 92.4. The van der Waals surface area contributed by atoms with Crippen molar-refractivity contribution in [1.29, 1.82) is 0 Å². The summed E-state index contributed by atoms with van der Waals surface area (Å²) in [5, 5.41) is 40.1. The van der Waals surface area contributed by atoms with E-state index < -0.39 is 10.1 Å². The lowest BCUT2D eigenvalue weighted by molar-refractivity contribution is -0.135. The minimum atomic E-state index is -3.84. The van der Waals surface area contributed by atoms with E-state index >= 15 is 0 Å². The number of aryl methyl sites for hydroxylation is 1. The predicted molar refractivity (Wildman–Crippen MR) is 524 cm³/mol. The lowest BCUT2D eigenvalue weighted by Crippen LogP contribution is -2.21. The van der Waals surface area contributed by atoms with Crippen molar-refractivity contribution < 1.29 is 89.9 Å². The minimum absolute atomic E-state index is 0. The summed E-state index contributed by atoms with van der Waals surface area (Å²) in [5.74, 6) is 4.73. The van der Waals surface area contributed by atoms with E-state index in [1.165, 1.54) is 16.7 Å². The molecule has 0 radical (unpaired) electrons. The van der Waals surface area contributed by atoms with Crippen molar-refractivity contribution in [2.24, 2.45) is 0 Å². The topological polar surface area (TPSA) is 243 Å². The molecular weight excluding hydrogens is 1610 g/mol. The number of carbonyl (C=O) groups excluding carboxylic acids is 1. The summed E-state index contributed by atoms with van der Waals surface area (Å²) in [7, 11) is -0.581. The maximum Gasteiger partial charge on any atom is 0.314 e. The van der Waals surface area contributed by atoms with Crippen molar-refractivity contribution in [3.05, 3.63) is 235 Å². The normalized spacial score (nSPS) is 11.7. The van der Waals surface area contributed by atoms with Crippen LogP contribution in [0.3, 0.4) is 0 Å². The number of hydrogen-bond donors (Lipinski definition) is 4. The maximum atomic E-state index is 12.7. The van der Waals surface area contributed by atoms with Gasteiger partial charge in [0, 0.05) is 65.1 Å². The molecule has 0 heterocycles. The van der Waals surface area contributed by atoms with Crippen molar-refractivity contribution in [2.45, 2.75) is 342 Å². The van der Waals surface area contributed by atoms with Gasteiger partial charge in [0.25, 0.3) is 0 Å². The van der Waals surface area contributed by atoms with E-state index in [4.69, 9.17) is 56.3 Å². The molecule has 8 aromatic carbocycles. The number of ether oxygens (including phenoxy) is 11. The number of phenolic OH excluding ortho intramolecular Hbond substituents is 2. The van der Waals surface area contributed by atoms with Crippen molar-refractivity contribution in [2.75, 3.05) is 39.8 Å². The smallest absolute Gasteiger partial charge is 0.314 e. The van der Waals surface area contributed by atoms with Crippen molar-refractivity contribution in [3.8, 4) is 46.0 Å². The number of para-hydroxylation sites is 1. The molecular formula is C106H170O19S. The molecule has 19 nitrogen and oxygen atoms in total. The lowest BCUT2D eigenvalue weighted by atomic mass is 9.82. The van der Waals surface area contributed by atoms with Crippen molar-refractivity contribution >= 4 is 16.1 Å². The Morgan fingerprint density at radius 1 is 0.413 bits per heavy atom. The van der Waals surface area contributed by atoms with Gasteiger partial charge < -0.3 is 76.7 Å². The van der Waals surface area contributed by atoms with Crippen LogP contribution in [-0.2, 0) is 115 Å². The van der Waals surface area contributed by atoms with E-state index in [1.807, 2.05) is 167 Å². The highest BCUT2D eigenvalue weighted by Crippen LogP contribution is 2.35. The second-order valence-corrected chi connectivity index (χ2v) is 34.8. The number of esters is 1. The third kappa shape index (κ3) is 44.0. The van der Waals surface area contributed by atoms with Crippen molar-refractivity contribution in [3.63, 3.8) is 0 Å². The molecule has 0 fully saturated rings. The molecule has 0 saturated heterocycles. The molecule has 0 bridgehead atoms. The fraction of sp³-hybridized carbons (Fsp3) is 0.538. The van der Waals surface area contributed by atoms with Crippen LogP contribution in [0.1, 0.15) is 324 Å². The molecule has 0 amide bonds. The molecule has 0 aliphatic carbocycles. The van der Waals surface area contributed by atoms with E-state index in [0.717, 1.165) is 105 Å². The van der Waals surface area contributed by atoms with Gasteiger partial charge in [0.05, 0.1) is 95.9 Å². The average Bonchev–Trinajstić information content (AvgIpc) is 0.825. The van der Waals surface area contributed by atoms with Gasteiger partial charge in [-0.25, -0.2) is 0 Å². The first-order valence-corrected chi connectivity index (χ1v) is 43.1. The number of benzene rings is 8. The van der Waals surface area contributed by atoms with Gasteiger partial charge in [-0.05, 0) is 231 Å². The van der Waals surface area contributed by atoms with Crippen molar-refractivity contribution in [1.82, 2.24) is 0 Å². The Kier molecular flexibility index (Phi) is 60.7. The predicted octanol–water partition coefficient (Wildman–Crippen LogP) is 26.9. The second-order valence-electron chi connectivity index (χ2n) is 33.1. The Bertz CT molecular complexity index is 4280. The number of carbonyl (C=O) groups is 1. The van der Waals surface area contributed by atoms with Gasteiger partial charge in [-0.3, -0.25) is 4.79 Å². The minimum Gasteiger partial charge on any atom is -0.507 e. The first kappa shape index (κ1) is 124. The Hall–Kier alpha value is -8.54. The molecule has 20 heteroatoms. The summed E-state index contributed by atoms with van der Waals surface area (Å²) in [6.45, 7) is 44.2. The fourth-order valence-electron chi connectivity index (χ4n) is 12.0. The maximum absolute atomic E-state index is 12.7. The van der Waals surface area contributed by atoms with Crippen LogP contribution < -0.4 is 27.9 Å². The molecule has 0 aliphatic rings. The standard InChI is InChI=1S/C29H42O5.C27H40O4.C21H28O6S.C21H28O4.8CH4/c1-9-21(2)22-13-15-25(16-14-22)31-18-17-26(30)34-27-23(19-32-28(3,4)5)11-10-12-24(27)20-33-29(6,7)8;1-8-27(6,7)24-9-11-25(12-10-24)29-14-13-21-15-22(17-30-19(2)3)26(28)23(16-21)18-31-20(4)5;1-4-16(3)17-5-7-20(8-6-17)27-28(24,25)10-9-26-21-18(13-22)11-15(2)12-19(21)14-23;1-5-15(2)17-6-8-20(9-7-17)25-14-19-11-16(12-23-3)10-18(13-24-4)21(19)22;;;;;;;;/h10-16,21H,9,17-20H2,1-8H3;9-12,15-16,19-20,28H,8,13-14,17-18H2,1-7H3;5-8,11-12,16,22-23H,4,9-10,13-14H2,1-3H3;6-11,15,22H,5,12-14H2,1-4H3;8*1H4. The molecule has 0 aliphatic heterocycles. The summed E-state index contributed by atoms with van der Waals surface area (Å²) in [5.41, 5.74) is 13.3. The van der Waals surface area contributed by atoms with Gasteiger partial charge in [0.15, 0.2) is 0 Å². The second kappa shape index (κ2) is 61.8. The summed E-state index contributed by atoms with van der Waals surface area (Å²) in [4.78, 5) is 12.7. The molecule has 8 rings (SSSR count). The largest absolute Gasteiger partial charge is 0.507 e. The van der Waals surface area contributed by atoms with Crippen LogP contribution in [0, 0.1) is 6.92 Å². The highest BCUT2D eigenvalue weighted by Gasteiger charge is 2.24. The van der Waals surface area contributed by atoms with E-state index in [1.54, 1.807) is 38.5 Å². The number of aliphatic hydroxyl groups is 2. The van der Waals surface area contributed by atoms with E-state index in [2.05, 4.69) is 98.7 Å². The number of aromatic hydroxyl groups is 2. The first-order valence-electron chi connectivity index (χ1n) is 41.5. The average molecular weight is 1780 g/mol. The molecule has 4 N–H and O–H groups in total. The highest BCUT2D eigenvalue weighted by molar-refractivity contribution is 7.87. The van der Waals surface area contributed by atoms with Crippen LogP contribution >= 0.6 is 0 Å². The summed E-state index contributed by atoms with van der Waals surface area (Å²) in [6, 6.07) is 48.7. The number of rotatable bonds is 42. The quantitative estimate of drug-likeness (QED) is 0.0158. The van der Waals surface area contributed by atoms with Crippen LogP contribution in [0.2, 0.25) is 0 Å². The van der Waals surface area contributed by atoms with Gasteiger partial charge in [0.2, 0.25) is 0 Å². The first-order chi connectivity index (χ1) is 55.9. The number of methoxy groups -OCH3 is 2. The highest BCUT2D eigenvalue weighted by atomic mass is 32.2. The van der Waals surface area contributed by atoms with Crippen LogP contribution in [-0.4, -0.2) is 98.0 Å². The zero-order valence-corrected chi connectivity index (χ0v) is 75.4. The SMILES string of the molecule is C.C.C.C.C.C.C.C.CCC(C)(C)c1ccc(OCCc2cc(COC(C)C)c(O)c(COC(C)C)c2)cc1.CCC(C)c1ccc(OCCC(=O)Oc2c(COC(C)(C)C)cccc2COC(C)(C)C)cc1.CCC(C)c1ccc(OCc2cc(COC)cc(COC)c2O)cc1.CCC(C)c1ccc(OS(=O)(=O)CCOc2c(CO)cc(C)cc2CO)cc1. The molecule has 714 valence electrons. The molecule has 3 unspecified atom stereocenters. The van der Waals surface area contributed by atoms with Crippen LogP contribution in [0.15, 0.2) is 152 Å². The number of aliphatic hydroxyl groups excluding tert-OH is 2. The number of phenols is 2. The van der Waals surface area contributed by atoms with Crippen LogP contribution in [0.5, 0.6) is 46.0 Å². The molecule has 3 atom stereocenters. The Balaban J connectivity index is -0.000000775.